The molecule has 4 heterocycles. The molecule has 0 spiro atoms. The van der Waals surface area contributed by atoms with Crippen molar-refractivity contribution in [3.8, 4) is 39.8 Å². The zero-order valence-corrected chi connectivity index (χ0v) is 37.0. The number of hydrogen-bond acceptors (Lipinski definition) is 5. The van der Waals surface area contributed by atoms with E-state index in [9.17, 15) is 5.26 Å². The molecule has 55 heavy (non-hydrogen) atoms. The number of pyridine rings is 3. The SMILES string of the molecule is CC(C)Cc1cc(-c2[c-]cccc2)ncc1[Si](C)(C)C.Cc1cccc(C)c1-c1ccc2c(n1)oc1c(-c3cc(C(C)C(C)C)ccn3)[c-]cc(C#N)c12.[Ir]. The summed E-state index contributed by atoms with van der Waals surface area (Å²) in [6.45, 7) is 22.6. The van der Waals surface area contributed by atoms with Gasteiger partial charge in [0, 0.05) is 49.5 Å². The first-order valence-corrected chi connectivity index (χ1v) is 22.4. The molecule has 3 aromatic carbocycles. The van der Waals surface area contributed by atoms with E-state index in [2.05, 4.69) is 145 Å². The molecule has 0 saturated heterocycles. The molecule has 7 aromatic rings. The predicted molar refractivity (Wildman–Crippen MR) is 226 cm³/mol. The van der Waals surface area contributed by atoms with Gasteiger partial charge in [-0.2, -0.15) is 0 Å². The number of fused-ring (bicyclic) bond motifs is 3. The van der Waals surface area contributed by atoms with Crippen LogP contribution in [-0.4, -0.2) is 23.0 Å². The van der Waals surface area contributed by atoms with Crippen molar-refractivity contribution in [3.63, 3.8) is 0 Å². The van der Waals surface area contributed by atoms with Gasteiger partial charge in [-0.1, -0.05) is 101 Å². The van der Waals surface area contributed by atoms with Gasteiger partial charge in [0.2, 0.25) is 5.71 Å². The average Bonchev–Trinajstić information content (AvgIpc) is 3.53. The topological polar surface area (TPSA) is 75.6 Å². The van der Waals surface area contributed by atoms with Gasteiger partial charge < -0.3 is 14.4 Å². The van der Waals surface area contributed by atoms with E-state index in [1.165, 1.54) is 16.3 Å². The summed E-state index contributed by atoms with van der Waals surface area (Å²) in [6, 6.07) is 35.3. The number of rotatable bonds is 8. The zero-order valence-electron chi connectivity index (χ0n) is 33.6. The molecule has 0 aliphatic rings. The van der Waals surface area contributed by atoms with Crippen molar-refractivity contribution >= 4 is 35.3 Å². The average molecular weight is 919 g/mol. The molecule has 7 heteroatoms. The fourth-order valence-electron chi connectivity index (χ4n) is 7.07. The number of benzene rings is 3. The van der Waals surface area contributed by atoms with E-state index in [1.54, 1.807) is 6.07 Å². The largest absolute Gasteiger partial charge is 0.486 e. The molecular weight excluding hydrogens is 869 g/mol. The van der Waals surface area contributed by atoms with Crippen LogP contribution in [0.1, 0.15) is 68.4 Å². The molecule has 4 aromatic heterocycles. The molecule has 0 aliphatic carbocycles. The summed E-state index contributed by atoms with van der Waals surface area (Å²) in [5.41, 5.74) is 12.3. The summed E-state index contributed by atoms with van der Waals surface area (Å²) in [5.74, 6) is 1.58. The third-order valence-corrected chi connectivity index (χ3v) is 12.3. The van der Waals surface area contributed by atoms with Crippen molar-refractivity contribution in [2.24, 2.45) is 11.8 Å². The Labute approximate surface area is 341 Å². The van der Waals surface area contributed by atoms with Crippen molar-refractivity contribution in [1.29, 1.82) is 5.26 Å². The molecule has 0 fully saturated rings. The van der Waals surface area contributed by atoms with Crippen LogP contribution in [0.25, 0.3) is 55.8 Å². The van der Waals surface area contributed by atoms with Gasteiger partial charge in [0.15, 0.2) is 0 Å². The normalized spacial score (nSPS) is 12.0. The molecule has 0 amide bonds. The Bertz CT molecular complexity index is 2450. The number of nitriles is 1. The third kappa shape index (κ3) is 9.05. The Hall–Kier alpha value is -4.73. The number of aryl methyl sites for hydroxylation is 2. The van der Waals surface area contributed by atoms with Crippen LogP contribution in [-0.2, 0) is 26.5 Å². The first-order valence-electron chi connectivity index (χ1n) is 18.9. The number of furan rings is 1. The summed E-state index contributed by atoms with van der Waals surface area (Å²) in [6.07, 6.45) is 5.07. The van der Waals surface area contributed by atoms with Crippen molar-refractivity contribution in [3.05, 3.63) is 131 Å². The zero-order chi connectivity index (χ0) is 38.7. The van der Waals surface area contributed by atoms with Crippen LogP contribution in [0, 0.1) is 49.1 Å². The summed E-state index contributed by atoms with van der Waals surface area (Å²) >= 11 is 0. The molecule has 5 nitrogen and oxygen atoms in total. The quantitative estimate of drug-likeness (QED) is 0.112. The molecule has 0 bridgehead atoms. The van der Waals surface area contributed by atoms with E-state index in [0.29, 0.717) is 34.6 Å². The summed E-state index contributed by atoms with van der Waals surface area (Å²) in [4.78, 5) is 14.2. The van der Waals surface area contributed by atoms with Gasteiger partial charge >= 0.3 is 0 Å². The summed E-state index contributed by atoms with van der Waals surface area (Å²) in [5, 5.41) is 12.9. The third-order valence-electron chi connectivity index (χ3n) is 10.2. The van der Waals surface area contributed by atoms with Crippen LogP contribution in [0.2, 0.25) is 19.6 Å². The van der Waals surface area contributed by atoms with Crippen LogP contribution >= 0.6 is 0 Å². The Kier molecular flexibility index (Phi) is 13.1. The summed E-state index contributed by atoms with van der Waals surface area (Å²) in [7, 11) is -1.34. The Morgan fingerprint density at radius 1 is 0.836 bits per heavy atom. The minimum Gasteiger partial charge on any atom is -0.486 e. The molecule has 0 N–H and O–H groups in total. The fraction of sp³-hybridized carbons (Fsp3) is 0.292. The maximum absolute atomic E-state index is 9.81. The van der Waals surface area contributed by atoms with E-state index >= 15 is 0 Å². The second-order valence-electron chi connectivity index (χ2n) is 16.2. The second kappa shape index (κ2) is 17.4. The van der Waals surface area contributed by atoms with E-state index in [4.69, 9.17) is 9.40 Å². The number of aromatic nitrogens is 3. The monoisotopic (exact) mass is 919 g/mol. The molecule has 283 valence electrons. The Morgan fingerprint density at radius 2 is 1.58 bits per heavy atom. The van der Waals surface area contributed by atoms with Gasteiger partial charge in [-0.15, -0.1) is 48.0 Å². The van der Waals surface area contributed by atoms with Crippen LogP contribution in [0.5, 0.6) is 0 Å². The van der Waals surface area contributed by atoms with Gasteiger partial charge in [0.05, 0.1) is 19.4 Å². The summed E-state index contributed by atoms with van der Waals surface area (Å²) < 4.78 is 6.34. The molecule has 0 saturated carbocycles. The molecular formula is C48H50IrN4OSi-2. The van der Waals surface area contributed by atoms with Crippen molar-refractivity contribution in [2.75, 3.05) is 0 Å². The van der Waals surface area contributed by atoms with Gasteiger partial charge in [0.1, 0.15) is 0 Å². The van der Waals surface area contributed by atoms with Gasteiger partial charge in [-0.3, -0.25) is 0 Å². The molecule has 1 radical (unpaired) electrons. The minimum absolute atomic E-state index is 0. The fourth-order valence-corrected chi connectivity index (χ4v) is 8.66. The minimum atomic E-state index is -1.34. The van der Waals surface area contributed by atoms with Crippen LogP contribution in [0.4, 0.5) is 0 Å². The van der Waals surface area contributed by atoms with E-state index < -0.39 is 8.07 Å². The second-order valence-corrected chi connectivity index (χ2v) is 21.2. The van der Waals surface area contributed by atoms with Gasteiger partial charge in [-0.05, 0) is 94.9 Å². The van der Waals surface area contributed by atoms with E-state index in [1.807, 2.05) is 36.5 Å². The Morgan fingerprint density at radius 3 is 2.22 bits per heavy atom. The Balaban J connectivity index is 0.000000237. The van der Waals surface area contributed by atoms with Crippen LogP contribution in [0.3, 0.4) is 0 Å². The number of nitrogens with zero attached hydrogens (tertiary/aromatic N) is 4. The molecule has 1 unspecified atom stereocenters. The molecule has 7 rings (SSSR count). The first-order chi connectivity index (χ1) is 25.8. The molecule has 0 aliphatic heterocycles. The van der Waals surface area contributed by atoms with E-state index in [-0.39, 0.29) is 20.1 Å². The first kappa shape index (κ1) is 41.4. The maximum atomic E-state index is 9.81. The standard InChI is InChI=1S/C30H26N3O.C18H24NSi.Ir/c1-17(2)20(5)21-13-14-32-26(15-21)23-10-9-22(16-31)28-24-11-12-25(33-30(24)34-29(23)28)27-18(3)7-6-8-19(27)4;1-14(2)11-16-12-17(15-9-7-6-8-10-15)19-13-18(16)20(3,4)5;/h6-9,11-15,17,20H,1-5H3;6-9,12-14H,11H2,1-5H3;/q2*-1;. The van der Waals surface area contributed by atoms with E-state index in [0.717, 1.165) is 62.1 Å². The number of hydrogen-bond donors (Lipinski definition) is 0. The van der Waals surface area contributed by atoms with Crippen LogP contribution < -0.4 is 5.19 Å². The molecule has 1 atom stereocenters. The predicted octanol–water partition coefficient (Wildman–Crippen LogP) is 12.0. The van der Waals surface area contributed by atoms with Crippen molar-refractivity contribution in [1.82, 2.24) is 15.0 Å². The van der Waals surface area contributed by atoms with Crippen molar-refractivity contribution in [2.45, 2.75) is 80.4 Å². The van der Waals surface area contributed by atoms with Gasteiger partial charge in [0.25, 0.3) is 0 Å². The maximum Gasteiger partial charge on any atom is 0.216 e. The smallest absolute Gasteiger partial charge is 0.216 e. The van der Waals surface area contributed by atoms with Gasteiger partial charge in [-0.25, -0.2) is 10.2 Å². The van der Waals surface area contributed by atoms with Crippen LogP contribution in [0.15, 0.2) is 95.7 Å². The van der Waals surface area contributed by atoms with Crippen molar-refractivity contribution < 1.29 is 24.5 Å².